The van der Waals surface area contributed by atoms with Crippen molar-refractivity contribution in [3.05, 3.63) is 83.2 Å². The van der Waals surface area contributed by atoms with E-state index in [1.54, 1.807) is 18.0 Å². The molecular weight excluding hydrogens is 458 g/mol. The number of ether oxygens (including phenoxy) is 2. The van der Waals surface area contributed by atoms with Crippen molar-refractivity contribution in [2.75, 3.05) is 27.3 Å². The van der Waals surface area contributed by atoms with Gasteiger partial charge >= 0.3 is 5.97 Å². The van der Waals surface area contributed by atoms with Crippen LogP contribution in [0.1, 0.15) is 41.0 Å². The first kappa shape index (κ1) is 25.1. The number of methoxy groups -OCH3 is 2. The molecule has 9 heteroatoms. The van der Waals surface area contributed by atoms with Gasteiger partial charge in [0.05, 0.1) is 32.5 Å². The smallest absolute Gasteiger partial charge is 0.360 e. The number of hydrogen-bond acceptors (Lipinski definition) is 7. The lowest BCUT2D eigenvalue weighted by atomic mass is 10.1. The molecule has 1 amide bonds. The lowest BCUT2D eigenvalue weighted by Crippen LogP contribution is -2.43. The first-order valence-electron chi connectivity index (χ1n) is 11.8. The van der Waals surface area contributed by atoms with Gasteiger partial charge in [-0.3, -0.25) is 9.69 Å². The summed E-state index contributed by atoms with van der Waals surface area (Å²) in [6.45, 7) is 3.72. The number of carbonyl (C=O) groups excluding carboxylic acids is 2. The van der Waals surface area contributed by atoms with Crippen molar-refractivity contribution in [1.82, 2.24) is 25.2 Å². The molecule has 1 N–H and O–H groups in total. The molecule has 0 bridgehead atoms. The average Bonchev–Trinajstić information content (AvgIpc) is 3.55. The number of rotatable bonds is 9. The zero-order valence-electron chi connectivity index (χ0n) is 20.8. The second kappa shape index (κ2) is 11.6. The number of nitrogens with zero attached hydrogens (tertiary/aromatic N) is 4. The Morgan fingerprint density at radius 1 is 1.11 bits per heavy atom. The monoisotopic (exact) mass is 489 g/mol. The molecule has 1 saturated heterocycles. The molecule has 3 aromatic rings. The first-order valence-corrected chi connectivity index (χ1v) is 11.8. The van der Waals surface area contributed by atoms with Crippen LogP contribution < -0.4 is 10.1 Å². The van der Waals surface area contributed by atoms with Crippen LogP contribution in [0.3, 0.4) is 0 Å². The molecule has 2 heterocycles. The summed E-state index contributed by atoms with van der Waals surface area (Å²) >= 11 is 0. The number of benzene rings is 2. The molecule has 0 unspecified atom stereocenters. The van der Waals surface area contributed by atoms with Crippen molar-refractivity contribution in [1.29, 1.82) is 0 Å². The van der Waals surface area contributed by atoms with E-state index in [1.807, 2.05) is 42.5 Å². The molecule has 0 spiro atoms. The van der Waals surface area contributed by atoms with E-state index in [2.05, 4.69) is 45.7 Å². The number of likely N-dealkylation sites (tertiary alicyclic amines) is 1. The number of hydrogen-bond donors (Lipinski definition) is 1. The highest BCUT2D eigenvalue weighted by molar-refractivity contribution is 5.86. The molecule has 36 heavy (non-hydrogen) atoms. The van der Waals surface area contributed by atoms with Crippen LogP contribution >= 0.6 is 0 Å². The van der Waals surface area contributed by atoms with Crippen LogP contribution in [0, 0.1) is 0 Å². The second-order valence-electron chi connectivity index (χ2n) is 8.88. The molecule has 2 atom stereocenters. The molecule has 1 fully saturated rings. The zero-order valence-corrected chi connectivity index (χ0v) is 20.8. The van der Waals surface area contributed by atoms with E-state index in [0.717, 1.165) is 22.4 Å². The fourth-order valence-electron chi connectivity index (χ4n) is 4.42. The molecule has 188 valence electrons. The van der Waals surface area contributed by atoms with Gasteiger partial charge in [-0.15, -0.1) is 5.10 Å². The third-order valence-corrected chi connectivity index (χ3v) is 6.25. The van der Waals surface area contributed by atoms with Crippen molar-refractivity contribution in [3.63, 3.8) is 0 Å². The predicted octanol–water partition coefficient (Wildman–Crippen LogP) is 3.11. The van der Waals surface area contributed by atoms with Crippen LogP contribution in [0.5, 0.6) is 5.75 Å². The number of nitrogens with one attached hydrogen (secondary N) is 1. The molecule has 1 aliphatic heterocycles. The standard InChI is InChI=1S/C27H31N5O4/c1-19(13-20-7-5-4-6-8-20)16-31-17-22(32-18-24(29-30-32)27(34)36-3)14-25(31)26(33)28-15-21-9-11-23(35-2)12-10-21/h4-13,18,22,25H,14-17H2,1-3H3,(H,28,33)/t22-,25-/m0/s1. The third-order valence-electron chi connectivity index (χ3n) is 6.25. The van der Waals surface area contributed by atoms with Gasteiger partial charge in [-0.1, -0.05) is 59.3 Å². The Morgan fingerprint density at radius 3 is 2.56 bits per heavy atom. The van der Waals surface area contributed by atoms with E-state index in [1.165, 1.54) is 7.11 Å². The number of aromatic nitrogens is 3. The normalized spacial score (nSPS) is 18.1. The minimum Gasteiger partial charge on any atom is -0.497 e. The maximum atomic E-state index is 13.3. The highest BCUT2D eigenvalue weighted by Gasteiger charge is 2.38. The van der Waals surface area contributed by atoms with Gasteiger partial charge in [-0.05, 0) is 36.6 Å². The Bertz CT molecular complexity index is 1210. The van der Waals surface area contributed by atoms with E-state index in [0.29, 0.717) is 26.1 Å². The van der Waals surface area contributed by atoms with Crippen molar-refractivity contribution < 1.29 is 19.1 Å². The molecule has 0 radical (unpaired) electrons. The Balaban J connectivity index is 1.49. The van der Waals surface area contributed by atoms with Gasteiger partial charge in [0.1, 0.15) is 5.75 Å². The molecule has 1 aromatic heterocycles. The highest BCUT2D eigenvalue weighted by Crippen LogP contribution is 2.28. The Labute approximate surface area is 210 Å². The molecule has 4 rings (SSSR count). The SMILES string of the molecule is COC(=O)c1cn([C@H]2C[C@@H](C(=O)NCc3ccc(OC)cc3)N(CC(C)=Cc3ccccc3)C2)nn1. The van der Waals surface area contributed by atoms with Gasteiger partial charge in [0.2, 0.25) is 5.91 Å². The van der Waals surface area contributed by atoms with Gasteiger partial charge in [0.15, 0.2) is 5.69 Å². The molecule has 9 nitrogen and oxygen atoms in total. The van der Waals surface area contributed by atoms with Crippen molar-refractivity contribution in [2.45, 2.75) is 32.0 Å². The van der Waals surface area contributed by atoms with Crippen LogP contribution in [0.15, 0.2) is 66.4 Å². The van der Waals surface area contributed by atoms with E-state index in [-0.39, 0.29) is 23.7 Å². The summed E-state index contributed by atoms with van der Waals surface area (Å²) in [7, 11) is 2.93. The second-order valence-corrected chi connectivity index (χ2v) is 8.88. The van der Waals surface area contributed by atoms with Crippen LogP contribution in [0.25, 0.3) is 6.08 Å². The largest absolute Gasteiger partial charge is 0.497 e. The molecule has 2 aromatic carbocycles. The van der Waals surface area contributed by atoms with E-state index in [9.17, 15) is 9.59 Å². The fourth-order valence-corrected chi connectivity index (χ4v) is 4.42. The number of amides is 1. The van der Waals surface area contributed by atoms with Crippen molar-refractivity contribution in [2.24, 2.45) is 0 Å². The quantitative estimate of drug-likeness (QED) is 0.461. The number of esters is 1. The molecule has 0 aliphatic carbocycles. The van der Waals surface area contributed by atoms with Crippen LogP contribution in [0.4, 0.5) is 0 Å². The minimum atomic E-state index is -0.536. The van der Waals surface area contributed by atoms with Crippen molar-refractivity contribution in [3.8, 4) is 5.75 Å². The molecule has 0 saturated carbocycles. The fraction of sp³-hybridized carbons (Fsp3) is 0.333. The summed E-state index contributed by atoms with van der Waals surface area (Å²) in [4.78, 5) is 27.3. The van der Waals surface area contributed by atoms with Gasteiger partial charge in [-0.2, -0.15) is 0 Å². The molecular formula is C27H31N5O4. The highest BCUT2D eigenvalue weighted by atomic mass is 16.5. The molecule has 1 aliphatic rings. The van der Waals surface area contributed by atoms with Crippen molar-refractivity contribution >= 4 is 18.0 Å². The van der Waals surface area contributed by atoms with Gasteiger partial charge < -0.3 is 14.8 Å². The summed E-state index contributed by atoms with van der Waals surface area (Å²) in [5.74, 6) is 0.190. The summed E-state index contributed by atoms with van der Waals surface area (Å²) in [5.41, 5.74) is 3.40. The van der Waals surface area contributed by atoms with E-state index < -0.39 is 5.97 Å². The van der Waals surface area contributed by atoms with E-state index in [4.69, 9.17) is 9.47 Å². The average molecular weight is 490 g/mol. The maximum Gasteiger partial charge on any atom is 0.360 e. The van der Waals surface area contributed by atoms with Gasteiger partial charge in [0.25, 0.3) is 0 Å². The number of carbonyl (C=O) groups is 2. The topological polar surface area (TPSA) is 98.6 Å². The summed E-state index contributed by atoms with van der Waals surface area (Å²) in [6, 6.07) is 17.3. The predicted molar refractivity (Wildman–Crippen MR) is 135 cm³/mol. The first-order chi connectivity index (χ1) is 17.5. The van der Waals surface area contributed by atoms with E-state index >= 15 is 0 Å². The Kier molecular flexibility index (Phi) is 8.12. The van der Waals surface area contributed by atoms with Crippen LogP contribution in [-0.2, 0) is 16.1 Å². The van der Waals surface area contributed by atoms with Gasteiger partial charge in [0, 0.05) is 19.6 Å². The van der Waals surface area contributed by atoms with Gasteiger partial charge in [-0.25, -0.2) is 9.48 Å². The lowest BCUT2D eigenvalue weighted by molar-refractivity contribution is -0.125. The minimum absolute atomic E-state index is 0.0471. The lowest BCUT2D eigenvalue weighted by Gasteiger charge is -2.24. The maximum absolute atomic E-state index is 13.3. The summed E-state index contributed by atoms with van der Waals surface area (Å²) < 4.78 is 11.6. The third kappa shape index (κ3) is 6.17. The summed E-state index contributed by atoms with van der Waals surface area (Å²) in [6.07, 6.45) is 4.26. The van der Waals surface area contributed by atoms with Crippen LogP contribution in [0.2, 0.25) is 0 Å². The summed E-state index contributed by atoms with van der Waals surface area (Å²) in [5, 5.41) is 11.1. The van der Waals surface area contributed by atoms with Crippen LogP contribution in [-0.4, -0.2) is 65.1 Å². The Morgan fingerprint density at radius 2 is 1.86 bits per heavy atom. The Hall–Kier alpha value is -3.98. The zero-order chi connectivity index (χ0) is 25.5.